The molecule has 1 saturated carbocycles. The highest BCUT2D eigenvalue weighted by molar-refractivity contribution is 7.99. The van der Waals surface area contributed by atoms with Crippen LogP contribution in [0.25, 0.3) is 11.0 Å². The molecule has 0 bridgehead atoms. The molecule has 3 rings (SSSR count). The van der Waals surface area contributed by atoms with E-state index in [0.717, 1.165) is 20.6 Å². The lowest BCUT2D eigenvalue weighted by molar-refractivity contribution is 0.527. The van der Waals surface area contributed by atoms with Gasteiger partial charge < -0.3 is 9.55 Å². The van der Waals surface area contributed by atoms with Crippen LogP contribution in [-0.4, -0.2) is 20.6 Å². The van der Waals surface area contributed by atoms with Gasteiger partial charge in [0.05, 0.1) is 11.0 Å². The number of aromatic amines is 1. The van der Waals surface area contributed by atoms with Gasteiger partial charge in [-0.2, -0.15) is 11.8 Å². The average molecular weight is 313 g/mol. The summed E-state index contributed by atoms with van der Waals surface area (Å²) in [5.41, 5.74) is 2.23. The Bertz CT molecular complexity index is 646. The number of imidazole rings is 1. The Morgan fingerprint density at radius 3 is 3.11 bits per heavy atom. The highest BCUT2D eigenvalue weighted by atomic mass is 35.5. The summed E-state index contributed by atoms with van der Waals surface area (Å²) in [6.45, 7) is 2.23. The van der Waals surface area contributed by atoms with E-state index >= 15 is 0 Å². The van der Waals surface area contributed by atoms with E-state index in [2.05, 4.69) is 34.3 Å². The predicted octanol–water partition coefficient (Wildman–Crippen LogP) is 5.20. The molecule has 0 saturated heterocycles. The van der Waals surface area contributed by atoms with Gasteiger partial charge in [-0.15, -0.1) is 0 Å². The monoisotopic (exact) mass is 312 g/mol. The van der Waals surface area contributed by atoms with Crippen molar-refractivity contribution < 1.29 is 0 Å². The van der Waals surface area contributed by atoms with Gasteiger partial charge in [-0.05, 0) is 55.4 Å². The van der Waals surface area contributed by atoms with Crippen LogP contribution in [0.2, 0.25) is 5.02 Å². The number of halogens is 1. The van der Waals surface area contributed by atoms with E-state index < -0.39 is 0 Å². The Morgan fingerprint density at radius 2 is 2.32 bits per heavy atom. The van der Waals surface area contributed by atoms with E-state index in [-0.39, 0.29) is 0 Å². The van der Waals surface area contributed by atoms with Gasteiger partial charge in [0, 0.05) is 16.3 Å². The number of rotatable bonds is 3. The van der Waals surface area contributed by atoms with Crippen LogP contribution in [0, 0.1) is 4.77 Å². The van der Waals surface area contributed by atoms with Crippen molar-refractivity contribution in [3.63, 3.8) is 0 Å². The van der Waals surface area contributed by atoms with E-state index in [9.17, 15) is 0 Å². The van der Waals surface area contributed by atoms with Crippen molar-refractivity contribution in [3.05, 3.63) is 28.0 Å². The average Bonchev–Trinajstić information content (AvgIpc) is 2.92. The first-order valence-corrected chi connectivity index (χ1v) is 8.54. The van der Waals surface area contributed by atoms with Gasteiger partial charge in [0.15, 0.2) is 4.77 Å². The molecule has 2 unspecified atom stereocenters. The smallest absolute Gasteiger partial charge is 0.178 e. The second-order valence-corrected chi connectivity index (χ2v) is 7.41. The van der Waals surface area contributed by atoms with Crippen molar-refractivity contribution in [2.24, 2.45) is 0 Å². The SMILES string of the molecule is CCSC1CCC(n2c(=S)[nH]c3cc(Cl)ccc32)C1. The van der Waals surface area contributed by atoms with Crippen molar-refractivity contribution in [2.75, 3.05) is 5.75 Å². The molecule has 2 aromatic rings. The molecular formula is C14H17ClN2S2. The molecule has 1 aliphatic rings. The predicted molar refractivity (Wildman–Crippen MR) is 86.9 cm³/mol. The number of H-pyrrole nitrogens is 1. The van der Waals surface area contributed by atoms with Crippen LogP contribution < -0.4 is 0 Å². The first-order valence-electron chi connectivity index (χ1n) is 6.70. The highest BCUT2D eigenvalue weighted by Crippen LogP contribution is 2.38. The summed E-state index contributed by atoms with van der Waals surface area (Å²) in [4.78, 5) is 3.28. The number of hydrogen-bond acceptors (Lipinski definition) is 2. The molecule has 2 atom stereocenters. The summed E-state index contributed by atoms with van der Waals surface area (Å²) in [6.07, 6.45) is 3.75. The van der Waals surface area contributed by atoms with E-state index in [1.165, 1.54) is 30.5 Å². The van der Waals surface area contributed by atoms with E-state index in [1.807, 2.05) is 12.1 Å². The van der Waals surface area contributed by atoms with Crippen LogP contribution in [0.1, 0.15) is 32.2 Å². The third-order valence-corrected chi connectivity index (χ3v) is 5.57. The van der Waals surface area contributed by atoms with Crippen molar-refractivity contribution >= 4 is 46.6 Å². The largest absolute Gasteiger partial charge is 0.331 e. The molecule has 102 valence electrons. The summed E-state index contributed by atoms with van der Waals surface area (Å²) in [5.74, 6) is 1.20. The third kappa shape index (κ3) is 2.58. The summed E-state index contributed by atoms with van der Waals surface area (Å²) < 4.78 is 3.11. The maximum Gasteiger partial charge on any atom is 0.178 e. The minimum Gasteiger partial charge on any atom is -0.331 e. The molecule has 1 aromatic carbocycles. The number of aromatic nitrogens is 2. The second kappa shape index (κ2) is 5.51. The van der Waals surface area contributed by atoms with Crippen LogP contribution in [0.5, 0.6) is 0 Å². The second-order valence-electron chi connectivity index (χ2n) is 5.01. The quantitative estimate of drug-likeness (QED) is 0.786. The van der Waals surface area contributed by atoms with Crippen LogP contribution >= 0.6 is 35.6 Å². The molecule has 19 heavy (non-hydrogen) atoms. The Morgan fingerprint density at radius 1 is 1.47 bits per heavy atom. The molecule has 0 radical (unpaired) electrons. The fourth-order valence-corrected chi connectivity index (χ4v) is 4.67. The summed E-state index contributed by atoms with van der Waals surface area (Å²) in [6, 6.07) is 6.50. The van der Waals surface area contributed by atoms with Crippen LogP contribution in [0.3, 0.4) is 0 Å². The molecule has 1 aromatic heterocycles. The minimum absolute atomic E-state index is 0.534. The maximum atomic E-state index is 6.04. The Kier molecular flexibility index (Phi) is 3.92. The lowest BCUT2D eigenvalue weighted by Gasteiger charge is -2.13. The first kappa shape index (κ1) is 13.5. The van der Waals surface area contributed by atoms with Crippen molar-refractivity contribution in [1.29, 1.82) is 0 Å². The van der Waals surface area contributed by atoms with Crippen molar-refractivity contribution in [3.8, 4) is 0 Å². The van der Waals surface area contributed by atoms with Gasteiger partial charge in [0.2, 0.25) is 0 Å². The number of nitrogens with one attached hydrogen (secondary N) is 1. The molecule has 1 heterocycles. The molecule has 0 spiro atoms. The molecule has 5 heteroatoms. The maximum absolute atomic E-state index is 6.04. The molecule has 1 N–H and O–H groups in total. The number of fused-ring (bicyclic) bond motifs is 1. The van der Waals surface area contributed by atoms with E-state index in [4.69, 9.17) is 23.8 Å². The van der Waals surface area contributed by atoms with E-state index in [0.29, 0.717) is 6.04 Å². The van der Waals surface area contributed by atoms with Crippen LogP contribution in [0.15, 0.2) is 18.2 Å². The van der Waals surface area contributed by atoms with Gasteiger partial charge >= 0.3 is 0 Å². The van der Waals surface area contributed by atoms with Crippen LogP contribution in [-0.2, 0) is 0 Å². The van der Waals surface area contributed by atoms with Crippen LogP contribution in [0.4, 0.5) is 0 Å². The molecule has 1 fully saturated rings. The molecular weight excluding hydrogens is 296 g/mol. The Balaban J connectivity index is 1.97. The zero-order chi connectivity index (χ0) is 13.4. The number of benzene rings is 1. The topological polar surface area (TPSA) is 20.7 Å². The van der Waals surface area contributed by atoms with E-state index in [1.54, 1.807) is 0 Å². The summed E-state index contributed by atoms with van der Waals surface area (Å²) >= 11 is 13.6. The molecule has 2 nitrogen and oxygen atoms in total. The minimum atomic E-state index is 0.534. The standard InChI is InChI=1S/C14H17ClN2S2/c1-2-19-11-5-4-10(8-11)17-13-6-3-9(15)7-12(13)16-14(17)18/h3,6-7,10-11H,2,4-5,8H2,1H3,(H,16,18). The third-order valence-electron chi connectivity index (χ3n) is 3.80. The molecule has 0 amide bonds. The van der Waals surface area contributed by atoms with Gasteiger partial charge in [-0.3, -0.25) is 0 Å². The van der Waals surface area contributed by atoms with Crippen molar-refractivity contribution in [1.82, 2.24) is 9.55 Å². The Labute approximate surface area is 127 Å². The van der Waals surface area contributed by atoms with Gasteiger partial charge in [0.1, 0.15) is 0 Å². The lowest BCUT2D eigenvalue weighted by atomic mass is 10.2. The van der Waals surface area contributed by atoms with Crippen molar-refractivity contribution in [2.45, 2.75) is 37.5 Å². The number of nitrogens with zero attached hydrogens (tertiary/aromatic N) is 1. The Hall–Kier alpha value is -0.450. The zero-order valence-corrected chi connectivity index (χ0v) is 13.2. The van der Waals surface area contributed by atoms with Gasteiger partial charge in [-0.1, -0.05) is 18.5 Å². The first-order chi connectivity index (χ1) is 9.19. The molecule has 1 aliphatic carbocycles. The zero-order valence-electron chi connectivity index (χ0n) is 10.9. The normalized spacial score (nSPS) is 23.3. The van der Waals surface area contributed by atoms with Gasteiger partial charge in [0.25, 0.3) is 0 Å². The summed E-state index contributed by atoms with van der Waals surface area (Å²) in [5, 5.41) is 1.54. The summed E-state index contributed by atoms with van der Waals surface area (Å²) in [7, 11) is 0. The highest BCUT2D eigenvalue weighted by Gasteiger charge is 2.27. The number of hydrogen-bond donors (Lipinski definition) is 1. The number of thioether (sulfide) groups is 1. The van der Waals surface area contributed by atoms with Gasteiger partial charge in [-0.25, -0.2) is 0 Å². The molecule has 0 aliphatic heterocycles. The fraction of sp³-hybridized carbons (Fsp3) is 0.500. The lowest BCUT2D eigenvalue weighted by Crippen LogP contribution is -2.06. The fourth-order valence-electron chi connectivity index (χ4n) is 3.00.